The number of pyridine rings is 1. The van der Waals surface area contributed by atoms with E-state index in [0.29, 0.717) is 30.8 Å². The van der Waals surface area contributed by atoms with Gasteiger partial charge in [-0.1, -0.05) is 11.2 Å². The maximum Gasteiger partial charge on any atom is 0.471 e. The first kappa shape index (κ1) is 23.8. The van der Waals surface area contributed by atoms with Crippen LogP contribution in [0, 0.1) is 11.7 Å². The second-order valence-corrected chi connectivity index (χ2v) is 8.66. The molecule has 1 aliphatic rings. The largest absolute Gasteiger partial charge is 0.471 e. The van der Waals surface area contributed by atoms with Gasteiger partial charge in [0, 0.05) is 30.0 Å². The molecule has 1 saturated heterocycles. The van der Waals surface area contributed by atoms with Gasteiger partial charge < -0.3 is 14.2 Å². The van der Waals surface area contributed by atoms with Crippen molar-refractivity contribution in [2.45, 2.75) is 45.0 Å². The van der Waals surface area contributed by atoms with E-state index >= 15 is 0 Å². The van der Waals surface area contributed by atoms with Crippen LogP contribution in [0.25, 0.3) is 11.4 Å². The third kappa shape index (κ3) is 5.41. The number of nitrogens with zero attached hydrogens (tertiary/aromatic N) is 4. The lowest BCUT2D eigenvalue weighted by molar-refractivity contribution is -0.159. The summed E-state index contributed by atoms with van der Waals surface area (Å²) in [7, 11) is 0. The molecule has 1 atom stereocenters. The van der Waals surface area contributed by atoms with Gasteiger partial charge in [0.1, 0.15) is 5.82 Å². The molecule has 7 nitrogen and oxygen atoms in total. The predicted molar refractivity (Wildman–Crippen MR) is 113 cm³/mol. The highest BCUT2D eigenvalue weighted by Gasteiger charge is 2.39. The van der Waals surface area contributed by atoms with E-state index in [9.17, 15) is 22.4 Å². The molecule has 0 bridgehead atoms. The fraction of sp³-hybridized carbons (Fsp3) is 0.391. The standard InChI is InChI=1S/C23H22F4N4O3/c1-22(2)11-14(8-9-33-22)20(32)31(18-5-3-4-16(24)10-18)13-17-7-6-15(12-28-17)19-29-21(34-30-19)23(25,26)27/h3-7,10,12,14H,8-9,11,13H2,1-2H3. The minimum atomic E-state index is -4.75. The number of benzene rings is 1. The molecule has 0 radical (unpaired) electrons. The first-order valence-corrected chi connectivity index (χ1v) is 10.6. The van der Waals surface area contributed by atoms with Crippen LogP contribution in [0.1, 0.15) is 38.3 Å². The van der Waals surface area contributed by atoms with Crippen LogP contribution < -0.4 is 4.90 Å². The van der Waals surface area contributed by atoms with Crippen molar-refractivity contribution in [3.8, 4) is 11.4 Å². The molecule has 180 valence electrons. The highest BCUT2D eigenvalue weighted by atomic mass is 19.4. The fourth-order valence-electron chi connectivity index (χ4n) is 3.87. The molecule has 3 aromatic rings. The van der Waals surface area contributed by atoms with Crippen molar-refractivity contribution in [3.05, 3.63) is 60.0 Å². The molecule has 1 aliphatic heterocycles. The number of carbonyl (C=O) groups excluding carboxylic acids is 1. The molecule has 1 aromatic carbocycles. The van der Waals surface area contributed by atoms with Crippen LogP contribution in [-0.2, 0) is 22.3 Å². The van der Waals surface area contributed by atoms with Crippen LogP contribution in [0.3, 0.4) is 0 Å². The Balaban J connectivity index is 1.58. The van der Waals surface area contributed by atoms with Crippen molar-refractivity contribution in [3.63, 3.8) is 0 Å². The van der Waals surface area contributed by atoms with Crippen LogP contribution >= 0.6 is 0 Å². The van der Waals surface area contributed by atoms with E-state index < -0.39 is 23.5 Å². The summed E-state index contributed by atoms with van der Waals surface area (Å²) in [5, 5.41) is 3.34. The molecular weight excluding hydrogens is 456 g/mol. The maximum absolute atomic E-state index is 13.9. The third-order valence-electron chi connectivity index (χ3n) is 5.50. The van der Waals surface area contributed by atoms with Crippen molar-refractivity contribution >= 4 is 11.6 Å². The van der Waals surface area contributed by atoms with Crippen LogP contribution in [0.4, 0.5) is 23.2 Å². The van der Waals surface area contributed by atoms with Crippen LogP contribution in [0.2, 0.25) is 0 Å². The number of hydrogen-bond donors (Lipinski definition) is 0. The molecule has 11 heteroatoms. The normalized spacial score (nSPS) is 18.0. The topological polar surface area (TPSA) is 81.4 Å². The van der Waals surface area contributed by atoms with Crippen molar-refractivity contribution < 1.29 is 31.6 Å². The number of hydrogen-bond acceptors (Lipinski definition) is 6. The van der Waals surface area contributed by atoms with Gasteiger partial charge in [0.25, 0.3) is 0 Å². The van der Waals surface area contributed by atoms with Gasteiger partial charge in [-0.05, 0) is 57.0 Å². The number of rotatable bonds is 5. The molecular formula is C23H22F4N4O3. The summed E-state index contributed by atoms with van der Waals surface area (Å²) < 4.78 is 62.0. The molecule has 2 aromatic heterocycles. The third-order valence-corrected chi connectivity index (χ3v) is 5.50. The number of anilines is 1. The first-order chi connectivity index (χ1) is 16.0. The lowest BCUT2D eigenvalue weighted by Gasteiger charge is -2.37. The molecule has 0 spiro atoms. The molecule has 3 heterocycles. The Hall–Kier alpha value is -3.34. The first-order valence-electron chi connectivity index (χ1n) is 10.6. The summed E-state index contributed by atoms with van der Waals surface area (Å²) in [5.74, 6) is -2.68. The zero-order chi connectivity index (χ0) is 24.5. The minimum Gasteiger partial charge on any atom is -0.376 e. The average molecular weight is 478 g/mol. The number of amides is 1. The Labute approximate surface area is 192 Å². The zero-order valence-corrected chi connectivity index (χ0v) is 18.5. The summed E-state index contributed by atoms with van der Waals surface area (Å²) in [6.45, 7) is 4.32. The molecule has 4 rings (SSSR count). The number of aromatic nitrogens is 3. The molecule has 1 unspecified atom stereocenters. The van der Waals surface area contributed by atoms with Crippen molar-refractivity contribution in [1.29, 1.82) is 0 Å². The average Bonchev–Trinajstić information content (AvgIpc) is 3.28. The van der Waals surface area contributed by atoms with E-state index in [2.05, 4.69) is 19.6 Å². The molecule has 1 amide bonds. The van der Waals surface area contributed by atoms with Gasteiger partial charge in [0.15, 0.2) is 0 Å². The number of carbonyl (C=O) groups is 1. The summed E-state index contributed by atoms with van der Waals surface area (Å²) in [5.41, 5.74) is 0.601. The van der Waals surface area contributed by atoms with E-state index in [-0.39, 0.29) is 29.8 Å². The quantitative estimate of drug-likeness (QED) is 0.479. The monoisotopic (exact) mass is 478 g/mol. The van der Waals surface area contributed by atoms with E-state index in [4.69, 9.17) is 4.74 Å². The zero-order valence-electron chi connectivity index (χ0n) is 18.5. The Bertz CT molecular complexity index is 1160. The minimum absolute atomic E-state index is 0.0421. The van der Waals surface area contributed by atoms with Gasteiger partial charge in [-0.25, -0.2) is 4.39 Å². The van der Waals surface area contributed by atoms with Crippen LogP contribution in [0.5, 0.6) is 0 Å². The summed E-state index contributed by atoms with van der Waals surface area (Å²) >= 11 is 0. The van der Waals surface area contributed by atoms with E-state index in [1.54, 1.807) is 12.1 Å². The molecule has 1 fully saturated rings. The van der Waals surface area contributed by atoms with Gasteiger partial charge >= 0.3 is 12.1 Å². The second kappa shape index (κ2) is 9.13. The Morgan fingerprint density at radius 2 is 2.03 bits per heavy atom. The van der Waals surface area contributed by atoms with E-state index in [1.165, 1.54) is 35.4 Å². The Morgan fingerprint density at radius 3 is 2.65 bits per heavy atom. The van der Waals surface area contributed by atoms with Gasteiger partial charge in [-0.2, -0.15) is 18.2 Å². The van der Waals surface area contributed by atoms with Crippen molar-refractivity contribution in [2.75, 3.05) is 11.5 Å². The number of ether oxygens (including phenoxy) is 1. The molecule has 34 heavy (non-hydrogen) atoms. The summed E-state index contributed by atoms with van der Waals surface area (Å²) in [4.78, 5) is 22.5. The fourth-order valence-corrected chi connectivity index (χ4v) is 3.87. The number of alkyl halides is 3. The van der Waals surface area contributed by atoms with Crippen molar-refractivity contribution in [2.24, 2.45) is 5.92 Å². The van der Waals surface area contributed by atoms with Crippen LogP contribution in [-0.4, -0.2) is 33.2 Å². The van der Waals surface area contributed by atoms with Gasteiger partial charge in [0.2, 0.25) is 11.7 Å². The highest BCUT2D eigenvalue weighted by molar-refractivity contribution is 5.95. The maximum atomic E-state index is 13.9. The molecule has 0 saturated carbocycles. The van der Waals surface area contributed by atoms with Crippen LogP contribution in [0.15, 0.2) is 47.1 Å². The predicted octanol–water partition coefficient (Wildman–Crippen LogP) is 5.03. The van der Waals surface area contributed by atoms with Gasteiger partial charge in [-0.15, -0.1) is 0 Å². The lowest BCUT2D eigenvalue weighted by atomic mass is 9.87. The summed E-state index contributed by atoms with van der Waals surface area (Å²) in [6, 6.07) is 8.75. The van der Waals surface area contributed by atoms with Crippen molar-refractivity contribution in [1.82, 2.24) is 15.1 Å². The molecule has 0 N–H and O–H groups in total. The second-order valence-electron chi connectivity index (χ2n) is 8.66. The van der Waals surface area contributed by atoms with Gasteiger partial charge in [0.05, 0.1) is 17.8 Å². The highest BCUT2D eigenvalue weighted by Crippen LogP contribution is 2.32. The summed E-state index contributed by atoms with van der Waals surface area (Å²) in [6.07, 6.45) is -2.39. The lowest BCUT2D eigenvalue weighted by Crippen LogP contribution is -2.43. The number of halogens is 4. The SMILES string of the molecule is CC1(C)CC(C(=O)N(Cc2ccc(-c3noc(C(F)(F)F)n3)cn2)c2cccc(F)c2)CCO1. The smallest absolute Gasteiger partial charge is 0.376 e. The van der Waals surface area contributed by atoms with E-state index in [1.807, 2.05) is 13.8 Å². The Morgan fingerprint density at radius 1 is 1.24 bits per heavy atom. The Kier molecular flexibility index (Phi) is 6.39. The van der Waals surface area contributed by atoms with Gasteiger partial charge in [-0.3, -0.25) is 9.78 Å². The van der Waals surface area contributed by atoms with E-state index in [0.717, 1.165) is 0 Å². The molecule has 0 aliphatic carbocycles.